The van der Waals surface area contributed by atoms with Crippen LogP contribution in [0.2, 0.25) is 0 Å². The quantitative estimate of drug-likeness (QED) is 0.695. The Bertz CT molecular complexity index is 751. The maximum Gasteiger partial charge on any atom is 0.261 e. The van der Waals surface area contributed by atoms with Crippen LogP contribution in [-0.4, -0.2) is 35.0 Å². The second-order valence-corrected chi connectivity index (χ2v) is 5.99. The fourth-order valence-electron chi connectivity index (χ4n) is 3.65. The Balaban J connectivity index is 1.86. The third-order valence-corrected chi connectivity index (χ3v) is 4.74. The topological polar surface area (TPSA) is 57.6 Å². The molecule has 2 aromatic carbocycles. The fraction of sp³-hybridized carbons (Fsp3) is 0.333. The van der Waals surface area contributed by atoms with Gasteiger partial charge in [-0.3, -0.25) is 14.5 Å². The highest BCUT2D eigenvalue weighted by atomic mass is 16.3. The van der Waals surface area contributed by atoms with E-state index < -0.39 is 0 Å². The minimum Gasteiger partial charge on any atom is -0.396 e. The Hall–Kier alpha value is -2.20. The molecule has 0 spiro atoms. The Kier molecular flexibility index (Phi) is 3.01. The molecule has 2 aliphatic rings. The van der Waals surface area contributed by atoms with Gasteiger partial charge in [-0.25, -0.2) is 0 Å². The second kappa shape index (κ2) is 4.92. The molecule has 4 rings (SSSR count). The third-order valence-electron chi connectivity index (χ3n) is 4.74. The number of rotatable bonds is 4. The van der Waals surface area contributed by atoms with Crippen molar-refractivity contribution in [3.8, 4) is 0 Å². The lowest BCUT2D eigenvalue weighted by atomic mass is 9.91. The number of benzene rings is 2. The number of carbonyl (C=O) groups is 2. The molecule has 0 unspecified atom stereocenters. The summed E-state index contributed by atoms with van der Waals surface area (Å²) in [5, 5.41) is 10.9. The van der Waals surface area contributed by atoms with E-state index in [4.69, 9.17) is 5.11 Å². The Labute approximate surface area is 128 Å². The van der Waals surface area contributed by atoms with Gasteiger partial charge in [0.25, 0.3) is 11.8 Å². The minimum absolute atomic E-state index is 0.0785. The zero-order valence-corrected chi connectivity index (χ0v) is 12.3. The molecule has 2 aromatic rings. The lowest BCUT2D eigenvalue weighted by molar-refractivity contribution is 0.0605. The summed E-state index contributed by atoms with van der Waals surface area (Å²) in [6.07, 6.45) is 3.19. The Morgan fingerprint density at radius 3 is 2.00 bits per heavy atom. The molecule has 0 saturated heterocycles. The van der Waals surface area contributed by atoms with Gasteiger partial charge in [0, 0.05) is 29.7 Å². The standard InChI is InChI=1S/C18H17NO3/c20-10-2-1-9-19-17(21)13-7-5-11-3-4-12-6-8-14(18(19)22)16(13)15(11)12/h5-8,20H,1-4,9-10H2. The molecule has 0 aromatic heterocycles. The first-order valence-electron chi connectivity index (χ1n) is 7.77. The molecular weight excluding hydrogens is 278 g/mol. The van der Waals surface area contributed by atoms with Crippen LogP contribution in [0.15, 0.2) is 24.3 Å². The maximum absolute atomic E-state index is 12.7. The number of amides is 2. The first-order valence-corrected chi connectivity index (χ1v) is 7.77. The average Bonchev–Trinajstić information content (AvgIpc) is 2.95. The van der Waals surface area contributed by atoms with Gasteiger partial charge in [-0.05, 0) is 54.3 Å². The predicted octanol–water partition coefficient (Wildman–Crippen LogP) is 2.31. The summed E-state index contributed by atoms with van der Waals surface area (Å²) < 4.78 is 0. The monoisotopic (exact) mass is 295 g/mol. The van der Waals surface area contributed by atoms with E-state index in [0.29, 0.717) is 30.5 Å². The van der Waals surface area contributed by atoms with Crippen molar-refractivity contribution in [2.45, 2.75) is 25.7 Å². The van der Waals surface area contributed by atoms with E-state index in [-0.39, 0.29) is 18.4 Å². The smallest absolute Gasteiger partial charge is 0.261 e. The Morgan fingerprint density at radius 2 is 1.45 bits per heavy atom. The van der Waals surface area contributed by atoms with E-state index in [2.05, 4.69) is 0 Å². The van der Waals surface area contributed by atoms with Crippen LogP contribution in [0.3, 0.4) is 0 Å². The predicted molar refractivity (Wildman–Crippen MR) is 83.0 cm³/mol. The molecule has 1 heterocycles. The van der Waals surface area contributed by atoms with Crippen molar-refractivity contribution in [3.63, 3.8) is 0 Å². The van der Waals surface area contributed by atoms with Crippen molar-refractivity contribution in [2.75, 3.05) is 13.2 Å². The molecule has 0 saturated carbocycles. The molecule has 1 aliphatic heterocycles. The number of aliphatic hydroxyl groups is 1. The number of aryl methyl sites for hydroxylation is 2. The van der Waals surface area contributed by atoms with Crippen LogP contribution in [0.1, 0.15) is 44.7 Å². The average molecular weight is 295 g/mol. The SMILES string of the molecule is O=C1c2ccc3c4c(ccc(c24)C(=O)N1CCCCO)CC3. The minimum atomic E-state index is -0.203. The molecular formula is C18H17NO3. The van der Waals surface area contributed by atoms with Gasteiger partial charge in [0.2, 0.25) is 0 Å². The molecule has 22 heavy (non-hydrogen) atoms. The zero-order chi connectivity index (χ0) is 15.3. The maximum atomic E-state index is 12.7. The third kappa shape index (κ3) is 1.74. The highest BCUT2D eigenvalue weighted by Gasteiger charge is 2.34. The molecule has 1 aliphatic carbocycles. The molecule has 1 N–H and O–H groups in total. The molecule has 0 atom stereocenters. The fourth-order valence-corrected chi connectivity index (χ4v) is 3.65. The molecule has 0 bridgehead atoms. The van der Waals surface area contributed by atoms with Crippen LogP contribution in [-0.2, 0) is 12.8 Å². The first-order chi connectivity index (χ1) is 10.7. The van der Waals surface area contributed by atoms with Gasteiger partial charge >= 0.3 is 0 Å². The molecule has 4 heteroatoms. The van der Waals surface area contributed by atoms with E-state index in [1.807, 2.05) is 24.3 Å². The van der Waals surface area contributed by atoms with Crippen molar-refractivity contribution >= 4 is 22.6 Å². The summed E-state index contributed by atoms with van der Waals surface area (Å²) in [6, 6.07) is 7.78. The number of nitrogens with zero attached hydrogens (tertiary/aromatic N) is 1. The van der Waals surface area contributed by atoms with Gasteiger partial charge < -0.3 is 5.11 Å². The lowest BCUT2D eigenvalue weighted by Gasteiger charge is -2.27. The molecule has 112 valence electrons. The van der Waals surface area contributed by atoms with Gasteiger partial charge in [-0.2, -0.15) is 0 Å². The number of carbonyl (C=O) groups excluding carboxylic acids is 2. The molecule has 2 amide bonds. The van der Waals surface area contributed by atoms with Crippen molar-refractivity contribution in [3.05, 3.63) is 46.5 Å². The number of hydrogen-bond acceptors (Lipinski definition) is 3. The normalized spacial score (nSPS) is 16.0. The van der Waals surface area contributed by atoms with E-state index in [9.17, 15) is 9.59 Å². The second-order valence-electron chi connectivity index (χ2n) is 5.99. The van der Waals surface area contributed by atoms with Gasteiger partial charge in [0.15, 0.2) is 0 Å². The van der Waals surface area contributed by atoms with Crippen LogP contribution >= 0.6 is 0 Å². The van der Waals surface area contributed by atoms with Crippen LogP contribution in [0, 0.1) is 0 Å². The van der Waals surface area contributed by atoms with Crippen molar-refractivity contribution in [1.82, 2.24) is 4.90 Å². The van der Waals surface area contributed by atoms with E-state index in [1.165, 1.54) is 16.0 Å². The largest absolute Gasteiger partial charge is 0.396 e. The zero-order valence-electron chi connectivity index (χ0n) is 12.3. The summed E-state index contributed by atoms with van der Waals surface area (Å²) >= 11 is 0. The van der Waals surface area contributed by atoms with Gasteiger partial charge in [-0.1, -0.05) is 12.1 Å². The number of hydrogen-bond donors (Lipinski definition) is 1. The highest BCUT2D eigenvalue weighted by molar-refractivity contribution is 6.26. The van der Waals surface area contributed by atoms with Gasteiger partial charge in [-0.15, -0.1) is 0 Å². The lowest BCUT2D eigenvalue weighted by Crippen LogP contribution is -2.41. The molecule has 0 radical (unpaired) electrons. The highest BCUT2D eigenvalue weighted by Crippen LogP contribution is 2.38. The van der Waals surface area contributed by atoms with Crippen LogP contribution in [0.25, 0.3) is 10.8 Å². The number of unbranched alkanes of at least 4 members (excludes halogenated alkanes) is 1. The first kappa shape index (κ1) is 13.5. The number of imide groups is 1. The van der Waals surface area contributed by atoms with Crippen LogP contribution < -0.4 is 0 Å². The number of aliphatic hydroxyl groups excluding tert-OH is 1. The van der Waals surface area contributed by atoms with Crippen LogP contribution in [0.4, 0.5) is 0 Å². The van der Waals surface area contributed by atoms with Crippen LogP contribution in [0.5, 0.6) is 0 Å². The Morgan fingerprint density at radius 1 is 0.864 bits per heavy atom. The van der Waals surface area contributed by atoms with Crippen molar-refractivity contribution < 1.29 is 14.7 Å². The van der Waals surface area contributed by atoms with Crippen molar-refractivity contribution in [1.29, 1.82) is 0 Å². The summed E-state index contributed by atoms with van der Waals surface area (Å²) in [5.41, 5.74) is 3.76. The molecule has 0 fully saturated rings. The van der Waals surface area contributed by atoms with Gasteiger partial charge in [0.1, 0.15) is 0 Å². The molecule has 4 nitrogen and oxygen atoms in total. The summed E-state index contributed by atoms with van der Waals surface area (Å²) in [4.78, 5) is 26.7. The summed E-state index contributed by atoms with van der Waals surface area (Å²) in [5.74, 6) is -0.405. The van der Waals surface area contributed by atoms with Crippen molar-refractivity contribution in [2.24, 2.45) is 0 Å². The van der Waals surface area contributed by atoms with E-state index in [1.54, 1.807) is 0 Å². The van der Waals surface area contributed by atoms with E-state index >= 15 is 0 Å². The van der Waals surface area contributed by atoms with Gasteiger partial charge in [0.05, 0.1) is 0 Å². The van der Waals surface area contributed by atoms with E-state index in [0.717, 1.165) is 23.6 Å². The summed E-state index contributed by atoms with van der Waals surface area (Å²) in [7, 11) is 0. The summed E-state index contributed by atoms with van der Waals surface area (Å²) in [6.45, 7) is 0.442.